The van der Waals surface area contributed by atoms with Crippen molar-refractivity contribution in [1.29, 1.82) is 0 Å². The first-order valence-corrected chi connectivity index (χ1v) is 4.94. The zero-order chi connectivity index (χ0) is 11.0. The number of fused-ring (bicyclic) bond motifs is 1. The van der Waals surface area contributed by atoms with E-state index in [1.54, 1.807) is 18.2 Å². The first kappa shape index (κ1) is 10.3. The third-order valence-corrected chi connectivity index (χ3v) is 2.51. The summed E-state index contributed by atoms with van der Waals surface area (Å²) in [7, 11) is 0. The molecule has 1 aromatic carbocycles. The SMILES string of the molecule is O=C(O)C(S)c1nc2cc(Cl)ccc2o1. The number of rotatable bonds is 2. The van der Waals surface area contributed by atoms with Crippen LogP contribution in [0.3, 0.4) is 0 Å². The van der Waals surface area contributed by atoms with Crippen LogP contribution in [-0.4, -0.2) is 16.1 Å². The summed E-state index contributed by atoms with van der Waals surface area (Å²) in [6.07, 6.45) is 0. The van der Waals surface area contributed by atoms with Crippen molar-refractivity contribution in [2.75, 3.05) is 0 Å². The quantitative estimate of drug-likeness (QED) is 0.796. The van der Waals surface area contributed by atoms with E-state index in [4.69, 9.17) is 21.1 Å². The number of carboxylic acids is 1. The van der Waals surface area contributed by atoms with Gasteiger partial charge >= 0.3 is 5.97 Å². The number of halogens is 1. The number of hydrogen-bond acceptors (Lipinski definition) is 4. The van der Waals surface area contributed by atoms with Crippen molar-refractivity contribution in [1.82, 2.24) is 4.98 Å². The molecule has 0 aliphatic rings. The maximum atomic E-state index is 10.6. The third kappa shape index (κ3) is 1.93. The fraction of sp³-hybridized carbons (Fsp3) is 0.111. The lowest BCUT2D eigenvalue weighted by Gasteiger charge is -1.96. The van der Waals surface area contributed by atoms with Gasteiger partial charge in [-0.3, -0.25) is 4.79 Å². The molecule has 0 aliphatic carbocycles. The summed E-state index contributed by atoms with van der Waals surface area (Å²) in [5.74, 6) is -1.04. The molecule has 0 radical (unpaired) electrons. The van der Waals surface area contributed by atoms with Gasteiger partial charge in [0.15, 0.2) is 10.8 Å². The zero-order valence-corrected chi connectivity index (χ0v) is 9.00. The van der Waals surface area contributed by atoms with Crippen LogP contribution in [0.1, 0.15) is 11.1 Å². The van der Waals surface area contributed by atoms with Crippen molar-refractivity contribution in [3.05, 3.63) is 29.1 Å². The van der Waals surface area contributed by atoms with Gasteiger partial charge in [0.05, 0.1) is 0 Å². The molecule has 2 rings (SSSR count). The van der Waals surface area contributed by atoms with E-state index >= 15 is 0 Å². The Morgan fingerprint density at radius 1 is 1.60 bits per heavy atom. The van der Waals surface area contributed by atoms with Crippen LogP contribution in [0.15, 0.2) is 22.6 Å². The third-order valence-electron chi connectivity index (χ3n) is 1.83. The van der Waals surface area contributed by atoms with Crippen molar-refractivity contribution in [3.63, 3.8) is 0 Å². The Hall–Kier alpha value is -1.20. The molecule has 2 aromatic rings. The zero-order valence-electron chi connectivity index (χ0n) is 7.35. The maximum absolute atomic E-state index is 10.6. The van der Waals surface area contributed by atoms with E-state index in [0.29, 0.717) is 16.1 Å². The normalized spacial score (nSPS) is 12.9. The van der Waals surface area contributed by atoms with Crippen LogP contribution in [0.4, 0.5) is 0 Å². The van der Waals surface area contributed by atoms with E-state index in [-0.39, 0.29) is 5.89 Å². The van der Waals surface area contributed by atoms with E-state index in [2.05, 4.69) is 17.6 Å². The number of carboxylic acid groups (broad SMARTS) is 1. The lowest BCUT2D eigenvalue weighted by Crippen LogP contribution is -2.04. The summed E-state index contributed by atoms with van der Waals surface area (Å²) >= 11 is 9.62. The Morgan fingerprint density at radius 2 is 2.33 bits per heavy atom. The minimum atomic E-state index is -1.10. The monoisotopic (exact) mass is 243 g/mol. The molecular weight excluding hydrogens is 238 g/mol. The van der Waals surface area contributed by atoms with Crippen LogP contribution in [0.5, 0.6) is 0 Å². The van der Waals surface area contributed by atoms with Crippen molar-refractivity contribution in [3.8, 4) is 0 Å². The molecular formula is C9H6ClNO3S. The molecule has 1 atom stereocenters. The number of oxazole rings is 1. The average Bonchev–Trinajstić information content (AvgIpc) is 2.58. The summed E-state index contributed by atoms with van der Waals surface area (Å²) in [5.41, 5.74) is 1.02. The molecule has 0 bridgehead atoms. The number of nitrogens with zero attached hydrogens (tertiary/aromatic N) is 1. The number of carbonyl (C=O) groups is 1. The van der Waals surface area contributed by atoms with E-state index < -0.39 is 11.2 Å². The molecule has 6 heteroatoms. The van der Waals surface area contributed by atoms with Crippen molar-refractivity contribution in [2.45, 2.75) is 5.25 Å². The second-order valence-electron chi connectivity index (χ2n) is 2.90. The van der Waals surface area contributed by atoms with Gasteiger partial charge in [-0.2, -0.15) is 12.6 Å². The van der Waals surface area contributed by atoms with Crippen LogP contribution >= 0.6 is 24.2 Å². The molecule has 0 spiro atoms. The number of aliphatic carboxylic acids is 1. The second-order valence-corrected chi connectivity index (χ2v) is 3.86. The Kier molecular flexibility index (Phi) is 2.58. The van der Waals surface area contributed by atoms with Crippen molar-refractivity contribution in [2.24, 2.45) is 0 Å². The Labute approximate surface area is 95.3 Å². The summed E-state index contributed by atoms with van der Waals surface area (Å²) < 4.78 is 5.22. The molecule has 0 amide bonds. The molecule has 15 heavy (non-hydrogen) atoms. The molecule has 0 saturated carbocycles. The molecule has 0 saturated heterocycles. The van der Waals surface area contributed by atoms with Gasteiger partial charge in [0.25, 0.3) is 0 Å². The molecule has 1 unspecified atom stereocenters. The summed E-state index contributed by atoms with van der Waals surface area (Å²) in [4.78, 5) is 14.6. The van der Waals surface area contributed by atoms with Crippen LogP contribution in [0.25, 0.3) is 11.1 Å². The smallest absolute Gasteiger partial charge is 0.325 e. The first-order chi connectivity index (χ1) is 7.08. The highest BCUT2D eigenvalue weighted by molar-refractivity contribution is 7.81. The summed E-state index contributed by atoms with van der Waals surface area (Å²) in [6, 6.07) is 4.88. The molecule has 1 heterocycles. The van der Waals surface area contributed by atoms with Gasteiger partial charge in [-0.25, -0.2) is 4.98 Å². The van der Waals surface area contributed by atoms with Crippen molar-refractivity contribution >= 4 is 41.3 Å². The van der Waals surface area contributed by atoms with Gasteiger partial charge in [0.2, 0.25) is 5.89 Å². The van der Waals surface area contributed by atoms with Gasteiger partial charge in [-0.05, 0) is 18.2 Å². The van der Waals surface area contributed by atoms with Gasteiger partial charge in [0.1, 0.15) is 5.52 Å². The van der Waals surface area contributed by atoms with Gasteiger partial charge in [0, 0.05) is 5.02 Å². The van der Waals surface area contributed by atoms with Crippen LogP contribution in [0.2, 0.25) is 5.02 Å². The molecule has 1 N–H and O–H groups in total. The summed E-state index contributed by atoms with van der Waals surface area (Å²) in [5, 5.41) is 8.18. The fourth-order valence-corrected chi connectivity index (χ4v) is 1.42. The van der Waals surface area contributed by atoms with E-state index in [0.717, 1.165) is 0 Å². The Bertz CT molecular complexity index is 525. The minimum absolute atomic E-state index is 0.0584. The molecule has 0 aliphatic heterocycles. The van der Waals surface area contributed by atoms with Crippen LogP contribution < -0.4 is 0 Å². The predicted octanol–water partition coefficient (Wildman–Crippen LogP) is 2.54. The molecule has 78 valence electrons. The highest BCUT2D eigenvalue weighted by Gasteiger charge is 2.21. The lowest BCUT2D eigenvalue weighted by molar-refractivity contribution is -0.136. The lowest BCUT2D eigenvalue weighted by atomic mass is 10.3. The highest BCUT2D eigenvalue weighted by atomic mass is 35.5. The number of hydrogen-bond donors (Lipinski definition) is 2. The minimum Gasteiger partial charge on any atom is -0.480 e. The average molecular weight is 244 g/mol. The van der Waals surface area contributed by atoms with Crippen molar-refractivity contribution < 1.29 is 14.3 Å². The van der Waals surface area contributed by atoms with Crippen LogP contribution in [-0.2, 0) is 4.79 Å². The van der Waals surface area contributed by atoms with E-state index in [1.807, 2.05) is 0 Å². The van der Waals surface area contributed by atoms with E-state index in [9.17, 15) is 4.79 Å². The highest BCUT2D eigenvalue weighted by Crippen LogP contribution is 2.25. The summed E-state index contributed by atoms with van der Waals surface area (Å²) in [6.45, 7) is 0. The largest absolute Gasteiger partial charge is 0.480 e. The van der Waals surface area contributed by atoms with Crippen LogP contribution in [0, 0.1) is 0 Å². The van der Waals surface area contributed by atoms with E-state index in [1.165, 1.54) is 0 Å². The van der Waals surface area contributed by atoms with Gasteiger partial charge < -0.3 is 9.52 Å². The van der Waals surface area contributed by atoms with Gasteiger partial charge in [-0.1, -0.05) is 11.6 Å². The predicted molar refractivity (Wildman–Crippen MR) is 58.4 cm³/mol. The Morgan fingerprint density at radius 3 is 3.00 bits per heavy atom. The fourth-order valence-electron chi connectivity index (χ4n) is 1.14. The molecule has 4 nitrogen and oxygen atoms in total. The maximum Gasteiger partial charge on any atom is 0.325 e. The molecule has 0 fully saturated rings. The first-order valence-electron chi connectivity index (χ1n) is 4.05. The number of aromatic nitrogens is 1. The Balaban J connectivity index is 2.51. The molecule has 1 aromatic heterocycles. The standard InChI is InChI=1S/C9H6ClNO3S/c10-4-1-2-6-5(3-4)11-8(14-6)7(15)9(12)13/h1-3,7,15H,(H,12,13). The van der Waals surface area contributed by atoms with Gasteiger partial charge in [-0.15, -0.1) is 0 Å². The topological polar surface area (TPSA) is 63.3 Å². The number of benzene rings is 1. The number of thiol groups is 1. The second kappa shape index (κ2) is 3.75.